The topological polar surface area (TPSA) is 0 Å². The maximum absolute atomic E-state index is 2.34. The monoisotopic (exact) mass is 641 g/mol. The minimum absolute atomic E-state index is 0.500. The van der Waals surface area contributed by atoms with Gasteiger partial charge in [0.25, 0.3) is 0 Å². The van der Waals surface area contributed by atoms with E-state index in [9.17, 15) is 0 Å². The van der Waals surface area contributed by atoms with Crippen LogP contribution in [0.25, 0.3) is 0 Å². The molecule has 0 aromatic heterocycles. The van der Waals surface area contributed by atoms with Crippen LogP contribution in [0.2, 0.25) is 0 Å². The Morgan fingerprint density at radius 3 is 0.489 bits per heavy atom. The van der Waals surface area contributed by atoms with Gasteiger partial charge in [0, 0.05) is 0 Å². The highest BCUT2D eigenvalue weighted by molar-refractivity contribution is 4.78. The van der Waals surface area contributed by atoms with E-state index in [-0.39, 0.29) is 0 Å². The Hall–Kier alpha value is 0. The van der Waals surface area contributed by atoms with Gasteiger partial charge in [-0.3, -0.25) is 0 Å². The second kappa shape index (κ2) is 24.2. The molecule has 0 spiro atoms. The van der Waals surface area contributed by atoms with Crippen molar-refractivity contribution in [3.8, 4) is 0 Å². The molecule has 2 fully saturated rings. The van der Waals surface area contributed by atoms with Crippen molar-refractivity contribution >= 4 is 0 Å². The number of rotatable bonds is 2. The maximum atomic E-state index is 2.34. The third kappa shape index (κ3) is 99.0. The Kier molecular flexibility index (Phi) is 29.3. The Morgan fingerprint density at radius 1 is 0.311 bits per heavy atom. The van der Waals surface area contributed by atoms with Crippen LogP contribution in [0.1, 0.15) is 244 Å². The Bertz CT molecular complexity index is 548. The Morgan fingerprint density at radius 2 is 0.467 bits per heavy atom. The van der Waals surface area contributed by atoms with Crippen LogP contribution in [0.15, 0.2) is 0 Å². The van der Waals surface area contributed by atoms with Gasteiger partial charge in [-0.25, -0.2) is 0 Å². The minimum Gasteiger partial charge on any atom is -0.0649 e. The molecule has 0 N–H and O–H groups in total. The quantitative estimate of drug-likeness (QED) is 0.282. The first kappa shape index (κ1) is 54.5. The molecule has 280 valence electrons. The van der Waals surface area contributed by atoms with Crippen LogP contribution >= 0.6 is 0 Å². The zero-order valence-corrected chi connectivity index (χ0v) is 37.7. The van der Waals surface area contributed by atoms with Crippen LogP contribution in [0, 0.1) is 49.7 Å². The number of hydrogen-bond donors (Lipinski definition) is 0. The predicted octanol–water partition coefficient (Wildman–Crippen LogP) is 17.5. The van der Waals surface area contributed by atoms with Crippen LogP contribution in [0.5, 0.6) is 0 Å². The van der Waals surface area contributed by atoms with Crippen LogP contribution in [-0.4, -0.2) is 0 Å². The number of hydrogen-bond acceptors (Lipinski definition) is 0. The Labute approximate surface area is 293 Å². The van der Waals surface area contributed by atoms with Gasteiger partial charge in [0.1, 0.15) is 0 Å². The highest BCUT2D eigenvalue weighted by Gasteiger charge is 2.26. The van der Waals surface area contributed by atoms with Crippen molar-refractivity contribution in [1.29, 1.82) is 0 Å². The van der Waals surface area contributed by atoms with Crippen molar-refractivity contribution in [2.24, 2.45) is 49.7 Å². The van der Waals surface area contributed by atoms with E-state index in [0.717, 1.165) is 11.8 Å². The summed E-state index contributed by atoms with van der Waals surface area (Å²) >= 11 is 0. The molecule has 0 heterocycles. The fraction of sp³-hybridized carbons (Fsp3) is 1.00. The van der Waals surface area contributed by atoms with Crippen molar-refractivity contribution < 1.29 is 0 Å². The molecular weight excluding hydrogens is 540 g/mol. The van der Waals surface area contributed by atoms with Crippen molar-refractivity contribution in [2.75, 3.05) is 0 Å². The first-order chi connectivity index (χ1) is 19.3. The molecule has 0 amide bonds. The van der Waals surface area contributed by atoms with Crippen molar-refractivity contribution in [3.05, 3.63) is 0 Å². The normalized spacial score (nSPS) is 15.6. The maximum Gasteiger partial charge on any atom is -0.0380 e. The lowest BCUT2D eigenvalue weighted by molar-refractivity contribution is 0.207. The molecule has 2 aliphatic rings. The van der Waals surface area contributed by atoms with Gasteiger partial charge in [0.15, 0.2) is 0 Å². The van der Waals surface area contributed by atoms with E-state index in [1.165, 1.54) is 64.2 Å². The summed E-state index contributed by atoms with van der Waals surface area (Å²) in [6.07, 6.45) is 14.2. The summed E-state index contributed by atoms with van der Waals surface area (Å²) < 4.78 is 0. The third-order valence-corrected chi connectivity index (χ3v) is 6.91. The highest BCUT2D eigenvalue weighted by atomic mass is 14.3. The molecule has 2 aliphatic carbocycles. The van der Waals surface area contributed by atoms with Crippen molar-refractivity contribution in [3.63, 3.8) is 0 Å². The fourth-order valence-corrected chi connectivity index (χ4v) is 2.75. The lowest BCUT2D eigenvalue weighted by atomic mass is 9.74. The highest BCUT2D eigenvalue weighted by Crippen LogP contribution is 2.39. The van der Waals surface area contributed by atoms with E-state index < -0.39 is 0 Å². The van der Waals surface area contributed by atoms with Crippen molar-refractivity contribution in [2.45, 2.75) is 244 Å². The summed E-state index contributed by atoms with van der Waals surface area (Å²) in [5, 5.41) is 0. The minimum atomic E-state index is 0.500. The van der Waals surface area contributed by atoms with Crippen LogP contribution in [0.4, 0.5) is 0 Å². The smallest absolute Gasteiger partial charge is 0.0380 e. The van der Waals surface area contributed by atoms with E-state index >= 15 is 0 Å². The molecule has 45 heavy (non-hydrogen) atoms. The largest absolute Gasteiger partial charge is 0.0649 e. The van der Waals surface area contributed by atoms with E-state index in [2.05, 4.69) is 180 Å². The molecule has 0 aromatic rings. The Balaban J connectivity index is -0.000000140. The van der Waals surface area contributed by atoms with E-state index in [0.29, 0.717) is 37.9 Å². The fourth-order valence-electron chi connectivity index (χ4n) is 2.75. The van der Waals surface area contributed by atoms with E-state index in [4.69, 9.17) is 0 Å². The van der Waals surface area contributed by atoms with E-state index in [1.807, 2.05) is 0 Å². The second-order valence-electron chi connectivity index (χ2n) is 23.5. The molecule has 2 saturated carbocycles. The third-order valence-electron chi connectivity index (χ3n) is 6.91. The summed E-state index contributed by atoms with van der Waals surface area (Å²) in [6.45, 7) is 58.3. The zero-order valence-electron chi connectivity index (χ0n) is 37.7. The zero-order chi connectivity index (χ0) is 37.7. The van der Waals surface area contributed by atoms with Gasteiger partial charge in [0.2, 0.25) is 0 Å². The van der Waals surface area contributed by atoms with Gasteiger partial charge in [-0.2, -0.15) is 0 Å². The van der Waals surface area contributed by atoms with E-state index in [1.54, 1.807) is 0 Å². The van der Waals surface area contributed by atoms with Gasteiger partial charge in [-0.15, -0.1) is 0 Å². The predicted molar refractivity (Wildman–Crippen MR) is 218 cm³/mol. The van der Waals surface area contributed by atoms with Gasteiger partial charge in [-0.1, -0.05) is 231 Å². The van der Waals surface area contributed by atoms with Crippen LogP contribution < -0.4 is 0 Å². The SMILES string of the molecule is CC(C)(C)C.CC(C)(C)C.CC(C)(C)CC1CC1.CC(C)(C)CC1CCC1.CCC(C)(C)C.CCC(C)(C)C.CCC(C)(C)C. The summed E-state index contributed by atoms with van der Waals surface area (Å²) in [6, 6.07) is 0. The second-order valence-corrected chi connectivity index (χ2v) is 23.5. The summed E-state index contributed by atoms with van der Waals surface area (Å²) in [4.78, 5) is 0. The molecular formula is C45H100. The van der Waals surface area contributed by atoms with Gasteiger partial charge in [-0.05, 0) is 62.6 Å². The standard InChI is InChI=1S/C9H18.C8H16.3C6H14.2C5H12/c1-9(2,3)7-8-5-4-6-8;1-8(2,3)6-7-4-5-7;3*1-5-6(2,3)4;2*1-5(2,3)4/h8H,4-7H2,1-3H3;7H,4-6H2,1-3H3;3*5H2,1-4H3;2*1-4H3. The average molecular weight is 641 g/mol. The summed E-state index contributed by atoms with van der Waals surface area (Å²) in [7, 11) is 0. The molecule has 0 atom stereocenters. The van der Waals surface area contributed by atoms with Crippen LogP contribution in [0.3, 0.4) is 0 Å². The van der Waals surface area contributed by atoms with Gasteiger partial charge >= 0.3 is 0 Å². The first-order valence-corrected chi connectivity index (χ1v) is 19.3. The van der Waals surface area contributed by atoms with Gasteiger partial charge in [0.05, 0.1) is 0 Å². The molecule has 0 aliphatic heterocycles. The van der Waals surface area contributed by atoms with Crippen molar-refractivity contribution in [1.82, 2.24) is 0 Å². The lowest BCUT2D eigenvalue weighted by Gasteiger charge is -2.31. The summed E-state index contributed by atoms with van der Waals surface area (Å²) in [5.41, 5.74) is 3.78. The van der Waals surface area contributed by atoms with Crippen LogP contribution in [-0.2, 0) is 0 Å². The molecule has 0 bridgehead atoms. The molecule has 0 aromatic carbocycles. The molecule has 0 unspecified atom stereocenters. The average Bonchev–Trinajstić information content (AvgIpc) is 3.50. The molecule has 0 nitrogen and oxygen atoms in total. The molecule has 0 saturated heterocycles. The first-order valence-electron chi connectivity index (χ1n) is 19.3. The van der Waals surface area contributed by atoms with Gasteiger partial charge < -0.3 is 0 Å². The molecule has 0 heteroatoms. The summed E-state index contributed by atoms with van der Waals surface area (Å²) in [5.74, 6) is 2.17. The lowest BCUT2D eigenvalue weighted by Crippen LogP contribution is -2.18. The molecule has 2 rings (SSSR count). The molecule has 0 radical (unpaired) electrons.